The summed E-state index contributed by atoms with van der Waals surface area (Å²) in [6.45, 7) is 0.824. The van der Waals surface area contributed by atoms with Crippen LogP contribution in [0.15, 0.2) is 0 Å². The Labute approximate surface area is 69.8 Å². The highest BCUT2D eigenvalue weighted by molar-refractivity contribution is 7.81. The van der Waals surface area contributed by atoms with E-state index in [4.69, 9.17) is 0 Å². The number of hydrogen-bond acceptors (Lipinski definition) is 4. The predicted octanol–water partition coefficient (Wildman–Crippen LogP) is 0.940. The van der Waals surface area contributed by atoms with Crippen LogP contribution in [0.25, 0.3) is 0 Å². The minimum Gasteiger partial charge on any atom is -0.248 e. The Morgan fingerprint density at radius 2 is 1.92 bits per heavy atom. The summed E-state index contributed by atoms with van der Waals surface area (Å²) >= 11 is 0. The van der Waals surface area contributed by atoms with Crippen LogP contribution < -0.4 is 0 Å². The second-order valence-electron chi connectivity index (χ2n) is 1.82. The third kappa shape index (κ3) is 6.44. The SMILES string of the molecule is CCOS(=O)(=O)OCCC(F)F. The molecule has 12 heavy (non-hydrogen) atoms. The maximum absolute atomic E-state index is 11.5. The lowest BCUT2D eigenvalue weighted by molar-refractivity contribution is 0.109. The Hall–Kier alpha value is -0.270. The summed E-state index contributed by atoms with van der Waals surface area (Å²) in [5, 5.41) is 0. The lowest BCUT2D eigenvalue weighted by Gasteiger charge is -2.02. The van der Waals surface area contributed by atoms with Crippen molar-refractivity contribution in [2.24, 2.45) is 0 Å². The zero-order valence-corrected chi connectivity index (χ0v) is 7.31. The first-order valence-electron chi connectivity index (χ1n) is 3.30. The van der Waals surface area contributed by atoms with E-state index in [0.29, 0.717) is 0 Å². The Morgan fingerprint density at radius 3 is 2.33 bits per heavy atom. The fourth-order valence-electron chi connectivity index (χ4n) is 0.418. The van der Waals surface area contributed by atoms with E-state index in [0.717, 1.165) is 0 Å². The third-order valence-corrected chi connectivity index (χ3v) is 1.81. The molecule has 0 saturated carbocycles. The van der Waals surface area contributed by atoms with E-state index in [1.54, 1.807) is 0 Å². The van der Waals surface area contributed by atoms with Crippen LogP contribution in [-0.2, 0) is 18.8 Å². The van der Waals surface area contributed by atoms with Crippen molar-refractivity contribution in [1.29, 1.82) is 0 Å². The van der Waals surface area contributed by atoms with E-state index in [9.17, 15) is 17.2 Å². The summed E-state index contributed by atoms with van der Waals surface area (Å²) in [5.41, 5.74) is 0. The molecular weight excluding hydrogens is 194 g/mol. The molecule has 0 aromatic heterocycles. The monoisotopic (exact) mass is 204 g/mol. The topological polar surface area (TPSA) is 52.6 Å². The summed E-state index contributed by atoms with van der Waals surface area (Å²) < 4.78 is 52.2. The summed E-state index contributed by atoms with van der Waals surface area (Å²) in [6.07, 6.45) is -3.19. The van der Waals surface area contributed by atoms with Crippen LogP contribution in [0.3, 0.4) is 0 Å². The van der Waals surface area contributed by atoms with Gasteiger partial charge in [-0.25, -0.2) is 17.1 Å². The van der Waals surface area contributed by atoms with Crippen LogP contribution in [0, 0.1) is 0 Å². The largest absolute Gasteiger partial charge is 0.399 e. The molecule has 0 spiro atoms. The Kier molecular flexibility index (Phi) is 5.27. The lowest BCUT2D eigenvalue weighted by atomic mass is 10.5. The van der Waals surface area contributed by atoms with Gasteiger partial charge in [0.25, 0.3) is 0 Å². The van der Waals surface area contributed by atoms with Gasteiger partial charge in [0.05, 0.1) is 13.2 Å². The standard InChI is InChI=1S/C5H10F2O4S/c1-2-10-12(8,9)11-4-3-5(6)7/h5H,2-4H2,1H3. The van der Waals surface area contributed by atoms with Crippen molar-refractivity contribution in [3.63, 3.8) is 0 Å². The average Bonchev–Trinajstić information content (AvgIpc) is 1.85. The van der Waals surface area contributed by atoms with E-state index in [1.807, 2.05) is 0 Å². The van der Waals surface area contributed by atoms with Crippen LogP contribution in [0.5, 0.6) is 0 Å². The molecular formula is C5H10F2O4S. The molecule has 0 amide bonds. The molecule has 0 N–H and O–H groups in total. The van der Waals surface area contributed by atoms with E-state index < -0.39 is 29.9 Å². The number of hydrogen-bond donors (Lipinski definition) is 0. The Morgan fingerprint density at radius 1 is 1.33 bits per heavy atom. The van der Waals surface area contributed by atoms with Gasteiger partial charge in [0.1, 0.15) is 0 Å². The predicted molar refractivity (Wildman–Crippen MR) is 37.1 cm³/mol. The number of alkyl halides is 2. The minimum absolute atomic E-state index is 0.0724. The molecule has 0 aliphatic heterocycles. The van der Waals surface area contributed by atoms with Crippen molar-refractivity contribution in [2.45, 2.75) is 19.8 Å². The molecule has 0 aromatic carbocycles. The van der Waals surface area contributed by atoms with Gasteiger partial charge in [0, 0.05) is 6.42 Å². The Bertz CT molecular complexity index is 201. The molecule has 0 rings (SSSR count). The first-order chi connectivity index (χ1) is 5.48. The highest BCUT2D eigenvalue weighted by Gasteiger charge is 2.11. The lowest BCUT2D eigenvalue weighted by Crippen LogP contribution is -2.12. The van der Waals surface area contributed by atoms with Crippen molar-refractivity contribution < 1.29 is 25.6 Å². The molecule has 0 atom stereocenters. The van der Waals surface area contributed by atoms with Gasteiger partial charge in [-0.3, -0.25) is 0 Å². The van der Waals surface area contributed by atoms with Crippen molar-refractivity contribution in [3.8, 4) is 0 Å². The summed E-state index contributed by atoms with van der Waals surface area (Å²) in [7, 11) is -4.06. The van der Waals surface area contributed by atoms with E-state index in [-0.39, 0.29) is 6.61 Å². The molecule has 4 nitrogen and oxygen atoms in total. The average molecular weight is 204 g/mol. The second kappa shape index (κ2) is 5.39. The highest BCUT2D eigenvalue weighted by atomic mass is 32.3. The maximum Gasteiger partial charge on any atom is 0.399 e. The van der Waals surface area contributed by atoms with Crippen molar-refractivity contribution in [2.75, 3.05) is 13.2 Å². The van der Waals surface area contributed by atoms with Gasteiger partial charge in [0.15, 0.2) is 0 Å². The number of halogens is 2. The molecule has 0 unspecified atom stereocenters. The summed E-state index contributed by atoms with van der Waals surface area (Å²) in [5.74, 6) is 0. The van der Waals surface area contributed by atoms with Gasteiger partial charge in [-0.05, 0) is 6.92 Å². The molecule has 0 aliphatic carbocycles. The van der Waals surface area contributed by atoms with Crippen molar-refractivity contribution in [1.82, 2.24) is 0 Å². The summed E-state index contributed by atoms with van der Waals surface area (Å²) in [6, 6.07) is 0. The number of rotatable bonds is 6. The van der Waals surface area contributed by atoms with Gasteiger partial charge < -0.3 is 0 Å². The van der Waals surface area contributed by atoms with Gasteiger partial charge in [-0.15, -0.1) is 0 Å². The molecule has 0 saturated heterocycles. The first kappa shape index (κ1) is 11.7. The zero-order valence-electron chi connectivity index (χ0n) is 6.50. The van der Waals surface area contributed by atoms with Crippen LogP contribution in [0.4, 0.5) is 8.78 Å². The second-order valence-corrected chi connectivity index (χ2v) is 3.10. The Balaban J connectivity index is 3.62. The van der Waals surface area contributed by atoms with Crippen molar-refractivity contribution in [3.05, 3.63) is 0 Å². The quantitative estimate of drug-likeness (QED) is 0.646. The smallest absolute Gasteiger partial charge is 0.248 e. The van der Waals surface area contributed by atoms with Gasteiger partial charge in [-0.2, -0.15) is 8.42 Å². The van der Waals surface area contributed by atoms with Gasteiger partial charge in [0.2, 0.25) is 6.43 Å². The van der Waals surface area contributed by atoms with Crippen LogP contribution in [-0.4, -0.2) is 28.1 Å². The van der Waals surface area contributed by atoms with Gasteiger partial charge in [-0.1, -0.05) is 0 Å². The molecule has 0 fully saturated rings. The molecule has 0 radical (unpaired) electrons. The third-order valence-electron chi connectivity index (χ3n) is 0.826. The van der Waals surface area contributed by atoms with E-state index in [2.05, 4.69) is 8.37 Å². The van der Waals surface area contributed by atoms with Crippen LogP contribution >= 0.6 is 0 Å². The minimum atomic E-state index is -4.06. The molecule has 0 bridgehead atoms. The molecule has 7 heteroatoms. The highest BCUT2D eigenvalue weighted by Crippen LogP contribution is 2.02. The van der Waals surface area contributed by atoms with Gasteiger partial charge >= 0.3 is 10.4 Å². The zero-order chi connectivity index (χ0) is 9.61. The normalized spacial score (nSPS) is 12.3. The van der Waals surface area contributed by atoms with E-state index in [1.165, 1.54) is 6.92 Å². The van der Waals surface area contributed by atoms with Crippen LogP contribution in [0.2, 0.25) is 0 Å². The van der Waals surface area contributed by atoms with E-state index >= 15 is 0 Å². The maximum atomic E-state index is 11.5. The molecule has 0 aliphatic rings. The summed E-state index contributed by atoms with van der Waals surface area (Å²) in [4.78, 5) is 0. The fraction of sp³-hybridized carbons (Fsp3) is 1.00. The molecule has 0 heterocycles. The first-order valence-corrected chi connectivity index (χ1v) is 4.63. The molecule has 0 aromatic rings. The van der Waals surface area contributed by atoms with Crippen LogP contribution in [0.1, 0.15) is 13.3 Å². The fourth-order valence-corrected chi connectivity index (χ4v) is 1.07. The van der Waals surface area contributed by atoms with Crippen molar-refractivity contribution >= 4 is 10.4 Å². The molecule has 74 valence electrons.